The summed E-state index contributed by atoms with van der Waals surface area (Å²) >= 11 is 0. The lowest BCUT2D eigenvalue weighted by Gasteiger charge is -2.39. The van der Waals surface area contributed by atoms with Gasteiger partial charge in [-0.15, -0.1) is 13.2 Å². The number of rotatable bonds is 4. The molecule has 0 aliphatic carbocycles. The molecule has 2 N–H and O–H groups in total. The number of hydrogen-bond donors (Lipinski definition) is 1. The van der Waals surface area contributed by atoms with Gasteiger partial charge in [0.1, 0.15) is 5.75 Å². The van der Waals surface area contributed by atoms with Crippen LogP contribution in [0.4, 0.5) is 13.2 Å². The minimum Gasteiger partial charge on any atom is -0.405 e. The van der Waals surface area contributed by atoms with Crippen molar-refractivity contribution in [2.45, 2.75) is 18.9 Å². The number of para-hydroxylation sites is 1. The van der Waals surface area contributed by atoms with Crippen LogP contribution in [0.5, 0.6) is 5.75 Å². The Morgan fingerprint density at radius 3 is 2.67 bits per heavy atom. The zero-order chi connectivity index (χ0) is 15.5. The van der Waals surface area contributed by atoms with Crippen molar-refractivity contribution in [2.75, 3.05) is 33.2 Å². The summed E-state index contributed by atoms with van der Waals surface area (Å²) in [6.07, 6.45) is -4.68. The number of likely N-dealkylation sites (N-methyl/N-ethyl adjacent to an activating group) is 1. The third-order valence-electron chi connectivity index (χ3n) is 3.65. The highest BCUT2D eigenvalue weighted by molar-refractivity contribution is 5.33. The summed E-state index contributed by atoms with van der Waals surface area (Å²) in [7, 11) is 2.01. The number of hydrogen-bond acceptors (Lipinski definition) is 4. The standard InChI is InChI=1S/C14H20F3N3O/c1-19-6-7-20(12(8-18)10-19)9-11-4-2-3-5-13(11)21-14(15,16)17/h2-5,12H,6-10,18H2,1H3. The van der Waals surface area contributed by atoms with E-state index in [2.05, 4.69) is 14.5 Å². The molecule has 118 valence electrons. The van der Waals surface area contributed by atoms with Crippen LogP contribution in [0.2, 0.25) is 0 Å². The number of piperazine rings is 1. The molecule has 7 heteroatoms. The number of halogens is 3. The van der Waals surface area contributed by atoms with Crippen molar-refractivity contribution in [3.05, 3.63) is 29.8 Å². The van der Waals surface area contributed by atoms with Crippen LogP contribution in [0.1, 0.15) is 5.56 Å². The highest BCUT2D eigenvalue weighted by atomic mass is 19.4. The predicted octanol–water partition coefficient (Wildman–Crippen LogP) is 1.66. The first-order valence-electron chi connectivity index (χ1n) is 6.85. The fraction of sp³-hybridized carbons (Fsp3) is 0.571. The summed E-state index contributed by atoms with van der Waals surface area (Å²) in [6.45, 7) is 3.35. The van der Waals surface area contributed by atoms with Crippen LogP contribution in [-0.2, 0) is 6.54 Å². The highest BCUT2D eigenvalue weighted by Crippen LogP contribution is 2.27. The van der Waals surface area contributed by atoms with Gasteiger partial charge in [0, 0.05) is 44.3 Å². The van der Waals surface area contributed by atoms with Gasteiger partial charge in [0.25, 0.3) is 0 Å². The maximum Gasteiger partial charge on any atom is 0.573 e. The molecule has 1 aromatic carbocycles. The third kappa shape index (κ3) is 4.59. The molecule has 2 rings (SSSR count). The van der Waals surface area contributed by atoms with Gasteiger partial charge in [-0.1, -0.05) is 18.2 Å². The SMILES string of the molecule is CN1CCN(Cc2ccccc2OC(F)(F)F)C(CN)C1. The Morgan fingerprint density at radius 1 is 1.29 bits per heavy atom. The molecule has 4 nitrogen and oxygen atoms in total. The zero-order valence-corrected chi connectivity index (χ0v) is 11.9. The van der Waals surface area contributed by atoms with Gasteiger partial charge < -0.3 is 15.4 Å². The van der Waals surface area contributed by atoms with Crippen molar-refractivity contribution >= 4 is 0 Å². The first-order chi connectivity index (χ1) is 9.89. The van der Waals surface area contributed by atoms with E-state index in [1.807, 2.05) is 7.05 Å². The van der Waals surface area contributed by atoms with Crippen LogP contribution in [0.15, 0.2) is 24.3 Å². The summed E-state index contributed by atoms with van der Waals surface area (Å²) in [5.41, 5.74) is 6.30. The van der Waals surface area contributed by atoms with Gasteiger partial charge in [0.15, 0.2) is 0 Å². The Kier molecular flexibility index (Phi) is 5.08. The summed E-state index contributed by atoms with van der Waals surface area (Å²) in [6, 6.07) is 6.40. The third-order valence-corrected chi connectivity index (χ3v) is 3.65. The largest absolute Gasteiger partial charge is 0.573 e. The lowest BCUT2D eigenvalue weighted by molar-refractivity contribution is -0.275. The summed E-state index contributed by atoms with van der Waals surface area (Å²) in [5, 5.41) is 0. The minimum atomic E-state index is -4.68. The first kappa shape index (κ1) is 16.1. The molecule has 0 aromatic heterocycles. The molecule has 21 heavy (non-hydrogen) atoms. The average Bonchev–Trinajstić information content (AvgIpc) is 2.41. The van der Waals surface area contributed by atoms with E-state index < -0.39 is 6.36 Å². The molecular weight excluding hydrogens is 283 g/mol. The van der Waals surface area contributed by atoms with Crippen LogP contribution < -0.4 is 10.5 Å². The Bertz CT molecular complexity index is 467. The lowest BCUT2D eigenvalue weighted by atomic mass is 10.1. The Balaban J connectivity index is 2.11. The molecule has 1 aliphatic rings. The number of nitrogens with two attached hydrogens (primary N) is 1. The fourth-order valence-corrected chi connectivity index (χ4v) is 2.56. The number of nitrogens with zero attached hydrogens (tertiary/aromatic N) is 2. The molecule has 0 amide bonds. The van der Waals surface area contributed by atoms with E-state index in [1.54, 1.807) is 12.1 Å². The molecule has 1 fully saturated rings. The van der Waals surface area contributed by atoms with Gasteiger partial charge in [0.2, 0.25) is 0 Å². The van der Waals surface area contributed by atoms with Gasteiger partial charge in [-0.2, -0.15) is 0 Å². The van der Waals surface area contributed by atoms with Gasteiger partial charge >= 0.3 is 6.36 Å². The maximum absolute atomic E-state index is 12.4. The normalized spacial score (nSPS) is 21.5. The van der Waals surface area contributed by atoms with Crippen molar-refractivity contribution < 1.29 is 17.9 Å². The Morgan fingerprint density at radius 2 is 2.00 bits per heavy atom. The van der Waals surface area contributed by atoms with Crippen LogP contribution in [-0.4, -0.2) is 55.4 Å². The summed E-state index contributed by atoms with van der Waals surface area (Å²) in [4.78, 5) is 4.28. The van der Waals surface area contributed by atoms with Crippen LogP contribution in [0.25, 0.3) is 0 Å². The smallest absolute Gasteiger partial charge is 0.405 e. The highest BCUT2D eigenvalue weighted by Gasteiger charge is 2.32. The second-order valence-electron chi connectivity index (χ2n) is 5.28. The van der Waals surface area contributed by atoms with E-state index in [-0.39, 0.29) is 11.8 Å². The van der Waals surface area contributed by atoms with Crippen LogP contribution in [0, 0.1) is 0 Å². The lowest BCUT2D eigenvalue weighted by Crippen LogP contribution is -2.54. The predicted molar refractivity (Wildman–Crippen MR) is 73.9 cm³/mol. The molecular formula is C14H20F3N3O. The van der Waals surface area contributed by atoms with Gasteiger partial charge in [-0.05, 0) is 13.1 Å². The first-order valence-corrected chi connectivity index (χ1v) is 6.85. The van der Waals surface area contributed by atoms with Crippen molar-refractivity contribution in [3.63, 3.8) is 0 Å². The van der Waals surface area contributed by atoms with Gasteiger partial charge in [-0.3, -0.25) is 4.90 Å². The second-order valence-corrected chi connectivity index (χ2v) is 5.28. The number of benzene rings is 1. The summed E-state index contributed by atoms with van der Waals surface area (Å²) < 4.78 is 41.4. The maximum atomic E-state index is 12.4. The molecule has 1 saturated heterocycles. The van der Waals surface area contributed by atoms with Crippen molar-refractivity contribution in [1.82, 2.24) is 9.80 Å². The number of ether oxygens (including phenoxy) is 1. The van der Waals surface area contributed by atoms with Gasteiger partial charge in [0.05, 0.1) is 0 Å². The van der Waals surface area contributed by atoms with Crippen LogP contribution >= 0.6 is 0 Å². The van der Waals surface area contributed by atoms with E-state index in [4.69, 9.17) is 5.73 Å². The zero-order valence-electron chi connectivity index (χ0n) is 11.9. The second kappa shape index (κ2) is 6.64. The Labute approximate surface area is 122 Å². The summed E-state index contributed by atoms with van der Waals surface area (Å²) in [5.74, 6) is -0.139. The average molecular weight is 303 g/mol. The monoisotopic (exact) mass is 303 g/mol. The molecule has 1 heterocycles. The molecule has 0 bridgehead atoms. The molecule has 1 aromatic rings. The molecule has 1 unspecified atom stereocenters. The molecule has 0 radical (unpaired) electrons. The molecule has 1 atom stereocenters. The topological polar surface area (TPSA) is 41.7 Å². The molecule has 1 aliphatic heterocycles. The van der Waals surface area contributed by atoms with E-state index in [9.17, 15) is 13.2 Å². The van der Waals surface area contributed by atoms with Crippen molar-refractivity contribution in [3.8, 4) is 5.75 Å². The molecule has 0 spiro atoms. The van der Waals surface area contributed by atoms with E-state index >= 15 is 0 Å². The van der Waals surface area contributed by atoms with Crippen molar-refractivity contribution in [2.24, 2.45) is 5.73 Å². The number of alkyl halides is 3. The molecule has 0 saturated carbocycles. The van der Waals surface area contributed by atoms with Crippen molar-refractivity contribution in [1.29, 1.82) is 0 Å². The van der Waals surface area contributed by atoms with E-state index in [0.29, 0.717) is 18.7 Å². The van der Waals surface area contributed by atoms with Crippen LogP contribution in [0.3, 0.4) is 0 Å². The Hall–Kier alpha value is -1.31. The van der Waals surface area contributed by atoms with Gasteiger partial charge in [-0.25, -0.2) is 0 Å². The van der Waals surface area contributed by atoms with E-state index in [1.165, 1.54) is 12.1 Å². The van der Waals surface area contributed by atoms with E-state index in [0.717, 1.165) is 19.6 Å². The quantitative estimate of drug-likeness (QED) is 0.918. The minimum absolute atomic E-state index is 0.139. The fourth-order valence-electron chi connectivity index (χ4n) is 2.56.